The van der Waals surface area contributed by atoms with Gasteiger partial charge in [-0.25, -0.2) is 4.90 Å². The van der Waals surface area contributed by atoms with Gasteiger partial charge >= 0.3 is 0 Å². The number of nitrogens with one attached hydrogen (secondary N) is 2. The first-order valence-electron chi connectivity index (χ1n) is 11.4. The molecule has 0 aromatic heterocycles. The summed E-state index contributed by atoms with van der Waals surface area (Å²) in [6.07, 6.45) is 0. The first kappa shape index (κ1) is 25.0. The van der Waals surface area contributed by atoms with E-state index in [9.17, 15) is 14.4 Å². The first-order chi connectivity index (χ1) is 17.2. The third-order valence-electron chi connectivity index (χ3n) is 5.95. The Morgan fingerprint density at radius 3 is 2.31 bits per heavy atom. The van der Waals surface area contributed by atoms with Gasteiger partial charge in [-0.05, 0) is 66.4 Å². The lowest BCUT2D eigenvalue weighted by atomic mass is 10.0. The van der Waals surface area contributed by atoms with Gasteiger partial charge in [-0.3, -0.25) is 14.4 Å². The highest BCUT2D eigenvalue weighted by Gasteiger charge is 2.39. The van der Waals surface area contributed by atoms with E-state index in [1.54, 1.807) is 42.5 Å². The molecule has 3 aromatic rings. The number of benzene rings is 3. The van der Waals surface area contributed by atoms with Gasteiger partial charge in [-0.15, -0.1) is 0 Å². The molecule has 0 saturated heterocycles. The quantitative estimate of drug-likeness (QED) is 0.397. The number of anilines is 3. The summed E-state index contributed by atoms with van der Waals surface area (Å²) in [5.41, 5.74) is 3.74. The van der Waals surface area contributed by atoms with E-state index < -0.39 is 11.8 Å². The number of methoxy groups -OCH3 is 1. The molecule has 0 spiro atoms. The molecule has 0 aliphatic carbocycles. The standard InChI is InChI=1S/C28H26ClN3O4/c1-16(2)21-7-5-6-8-22(21)31-26(33)18-10-9-17(3)23(15-18)30-25-24(29)27(34)32(28(25)35)19-11-13-20(36-4)14-12-19/h5-16,30H,1-4H3,(H,31,33). The molecule has 184 valence electrons. The molecule has 0 radical (unpaired) electrons. The number of carbonyl (C=O) groups excluding carboxylic acids is 3. The van der Waals surface area contributed by atoms with E-state index in [0.717, 1.165) is 21.7 Å². The fourth-order valence-electron chi connectivity index (χ4n) is 3.92. The number of hydrogen-bond donors (Lipinski definition) is 2. The topological polar surface area (TPSA) is 87.7 Å². The zero-order valence-corrected chi connectivity index (χ0v) is 21.1. The number of imide groups is 1. The average Bonchev–Trinajstić information content (AvgIpc) is 3.08. The van der Waals surface area contributed by atoms with Crippen LogP contribution in [0.2, 0.25) is 0 Å². The highest BCUT2D eigenvalue weighted by Crippen LogP contribution is 2.32. The van der Waals surface area contributed by atoms with E-state index >= 15 is 0 Å². The summed E-state index contributed by atoms with van der Waals surface area (Å²) >= 11 is 6.29. The van der Waals surface area contributed by atoms with Crippen LogP contribution in [-0.4, -0.2) is 24.8 Å². The van der Waals surface area contributed by atoms with Crippen LogP contribution in [0.15, 0.2) is 77.5 Å². The second-order valence-corrected chi connectivity index (χ2v) is 9.06. The van der Waals surface area contributed by atoms with Gasteiger partial charge in [0.15, 0.2) is 0 Å². The number of halogens is 1. The summed E-state index contributed by atoms with van der Waals surface area (Å²) in [5, 5.41) is 5.72. The number of carbonyl (C=O) groups is 3. The van der Waals surface area contributed by atoms with Crippen molar-refractivity contribution in [1.29, 1.82) is 0 Å². The Morgan fingerprint density at radius 2 is 1.64 bits per heavy atom. The fraction of sp³-hybridized carbons (Fsp3) is 0.179. The van der Waals surface area contributed by atoms with Gasteiger partial charge in [0.1, 0.15) is 16.5 Å². The van der Waals surface area contributed by atoms with Gasteiger partial charge in [-0.2, -0.15) is 0 Å². The molecule has 0 unspecified atom stereocenters. The maximum Gasteiger partial charge on any atom is 0.283 e. The highest BCUT2D eigenvalue weighted by atomic mass is 35.5. The second-order valence-electron chi connectivity index (χ2n) is 8.68. The Bertz CT molecular complexity index is 1380. The van der Waals surface area contributed by atoms with Crippen molar-refractivity contribution >= 4 is 46.4 Å². The molecule has 7 nitrogen and oxygen atoms in total. The zero-order chi connectivity index (χ0) is 26.0. The van der Waals surface area contributed by atoms with Crippen molar-refractivity contribution in [3.05, 3.63) is 94.1 Å². The van der Waals surface area contributed by atoms with Crippen LogP contribution >= 0.6 is 11.6 Å². The summed E-state index contributed by atoms with van der Waals surface area (Å²) in [5.74, 6) is -0.677. The van der Waals surface area contributed by atoms with Crippen LogP contribution in [0.3, 0.4) is 0 Å². The molecule has 3 aromatic carbocycles. The predicted octanol–water partition coefficient (Wildman–Crippen LogP) is 5.82. The van der Waals surface area contributed by atoms with E-state index in [1.165, 1.54) is 7.11 Å². The van der Waals surface area contributed by atoms with E-state index in [1.807, 2.05) is 31.2 Å². The summed E-state index contributed by atoms with van der Waals surface area (Å²) in [6, 6.07) is 19.3. The summed E-state index contributed by atoms with van der Waals surface area (Å²) < 4.78 is 5.14. The summed E-state index contributed by atoms with van der Waals surface area (Å²) in [6.45, 7) is 5.95. The lowest BCUT2D eigenvalue weighted by Gasteiger charge is -2.17. The number of ether oxygens (including phenoxy) is 1. The van der Waals surface area contributed by atoms with Crippen molar-refractivity contribution in [2.24, 2.45) is 0 Å². The van der Waals surface area contributed by atoms with Crippen LogP contribution < -0.4 is 20.3 Å². The fourth-order valence-corrected chi connectivity index (χ4v) is 4.13. The van der Waals surface area contributed by atoms with Crippen LogP contribution in [0.4, 0.5) is 17.1 Å². The first-order valence-corrected chi connectivity index (χ1v) is 11.8. The van der Waals surface area contributed by atoms with Crippen molar-refractivity contribution in [2.45, 2.75) is 26.7 Å². The highest BCUT2D eigenvalue weighted by molar-refractivity contribution is 6.53. The zero-order valence-electron chi connectivity index (χ0n) is 20.4. The predicted molar refractivity (Wildman–Crippen MR) is 142 cm³/mol. The summed E-state index contributed by atoms with van der Waals surface area (Å²) in [4.78, 5) is 40.0. The van der Waals surface area contributed by atoms with Crippen molar-refractivity contribution in [2.75, 3.05) is 22.6 Å². The Kier molecular flexibility index (Phi) is 7.12. The van der Waals surface area contributed by atoms with Crippen LogP contribution in [-0.2, 0) is 9.59 Å². The molecule has 0 fully saturated rings. The van der Waals surface area contributed by atoms with Crippen molar-refractivity contribution in [3.8, 4) is 5.75 Å². The smallest absolute Gasteiger partial charge is 0.283 e. The van der Waals surface area contributed by atoms with Crippen LogP contribution in [0, 0.1) is 6.92 Å². The minimum Gasteiger partial charge on any atom is -0.497 e. The third-order valence-corrected chi connectivity index (χ3v) is 6.30. The molecule has 2 N–H and O–H groups in total. The van der Waals surface area contributed by atoms with E-state index in [2.05, 4.69) is 24.5 Å². The molecule has 4 rings (SSSR count). The number of para-hydroxylation sites is 1. The Hall–Kier alpha value is -4.10. The maximum atomic E-state index is 13.1. The van der Waals surface area contributed by atoms with Crippen LogP contribution in [0.1, 0.15) is 41.3 Å². The van der Waals surface area contributed by atoms with E-state index in [0.29, 0.717) is 22.7 Å². The Labute approximate surface area is 214 Å². The molecule has 3 amide bonds. The van der Waals surface area contributed by atoms with Crippen molar-refractivity contribution in [3.63, 3.8) is 0 Å². The monoisotopic (exact) mass is 503 g/mol. The molecular weight excluding hydrogens is 478 g/mol. The van der Waals surface area contributed by atoms with E-state index in [4.69, 9.17) is 16.3 Å². The SMILES string of the molecule is COc1ccc(N2C(=O)C(Cl)=C(Nc3cc(C(=O)Nc4ccccc4C(C)C)ccc3C)C2=O)cc1. The lowest BCUT2D eigenvalue weighted by Crippen LogP contribution is -2.32. The number of rotatable bonds is 7. The Balaban J connectivity index is 1.58. The van der Waals surface area contributed by atoms with Gasteiger partial charge < -0.3 is 15.4 Å². The molecule has 0 bridgehead atoms. The van der Waals surface area contributed by atoms with Gasteiger partial charge in [0.25, 0.3) is 17.7 Å². The number of aryl methyl sites for hydroxylation is 1. The molecule has 0 atom stereocenters. The molecule has 0 saturated carbocycles. The molecule has 36 heavy (non-hydrogen) atoms. The molecule has 1 heterocycles. The van der Waals surface area contributed by atoms with Crippen molar-refractivity contribution in [1.82, 2.24) is 0 Å². The number of hydrogen-bond acceptors (Lipinski definition) is 5. The third kappa shape index (κ3) is 4.83. The average molecular weight is 504 g/mol. The van der Waals surface area contributed by atoms with Gasteiger partial charge in [0, 0.05) is 16.9 Å². The second kappa shape index (κ2) is 10.3. The Morgan fingerprint density at radius 1 is 0.944 bits per heavy atom. The van der Waals surface area contributed by atoms with Gasteiger partial charge in [0.05, 0.1) is 12.8 Å². The number of nitrogens with zero attached hydrogens (tertiary/aromatic N) is 1. The van der Waals surface area contributed by atoms with Crippen molar-refractivity contribution < 1.29 is 19.1 Å². The van der Waals surface area contributed by atoms with Gasteiger partial charge in [-0.1, -0.05) is 49.7 Å². The normalized spacial score (nSPS) is 13.4. The van der Waals surface area contributed by atoms with Crippen LogP contribution in [0.5, 0.6) is 5.75 Å². The molecule has 1 aliphatic heterocycles. The largest absolute Gasteiger partial charge is 0.497 e. The molecular formula is C28H26ClN3O4. The van der Waals surface area contributed by atoms with Crippen LogP contribution in [0.25, 0.3) is 0 Å². The van der Waals surface area contributed by atoms with Gasteiger partial charge in [0.2, 0.25) is 0 Å². The lowest BCUT2D eigenvalue weighted by molar-refractivity contribution is -0.120. The minimum atomic E-state index is -0.633. The summed E-state index contributed by atoms with van der Waals surface area (Å²) in [7, 11) is 1.53. The number of amides is 3. The molecule has 8 heteroatoms. The molecule has 1 aliphatic rings. The van der Waals surface area contributed by atoms with E-state index in [-0.39, 0.29) is 22.6 Å². The maximum absolute atomic E-state index is 13.1. The minimum absolute atomic E-state index is 0.0525.